The van der Waals surface area contributed by atoms with Crippen molar-refractivity contribution in [3.05, 3.63) is 34.2 Å². The molecule has 0 fully saturated rings. The van der Waals surface area contributed by atoms with Crippen LogP contribution in [0.5, 0.6) is 0 Å². The van der Waals surface area contributed by atoms with E-state index in [1.165, 1.54) is 15.5 Å². The largest absolute Gasteiger partial charge is 0.347 e. The van der Waals surface area contributed by atoms with Crippen molar-refractivity contribution >= 4 is 5.91 Å². The minimum atomic E-state index is -0.152. The van der Waals surface area contributed by atoms with Gasteiger partial charge < -0.3 is 9.47 Å². The molecule has 0 aliphatic rings. The van der Waals surface area contributed by atoms with Crippen LogP contribution in [0.1, 0.15) is 12.5 Å². The van der Waals surface area contributed by atoms with E-state index in [9.17, 15) is 9.59 Å². The van der Waals surface area contributed by atoms with E-state index in [1.807, 2.05) is 6.92 Å². The molecule has 0 aliphatic carbocycles. The molecule has 0 N–H and O–H groups in total. The van der Waals surface area contributed by atoms with E-state index in [1.54, 1.807) is 20.3 Å². The molecular weight excluding hydrogens is 281 g/mol. The van der Waals surface area contributed by atoms with Gasteiger partial charge in [-0.1, -0.05) is 19.5 Å². The Kier molecular flexibility index (Phi) is 6.76. The first-order valence-corrected chi connectivity index (χ1v) is 4.85. The maximum atomic E-state index is 11.5. The van der Waals surface area contributed by atoms with Crippen LogP contribution in [0.3, 0.4) is 0 Å². The Balaban J connectivity index is 0.00000225. The number of carbonyl (C=O) groups is 1. The molecule has 0 bridgehead atoms. The molecule has 4 nitrogen and oxygen atoms in total. The van der Waals surface area contributed by atoms with Crippen LogP contribution in [0.15, 0.2) is 17.1 Å². The standard InChI is InChI=1S/C11H15N2O2.Y/c1-4-9-5-6-13(10(14)7-9)8-11(15)12(2)3;/h6-7H,4,8H2,1-3H3;/q-1;. The summed E-state index contributed by atoms with van der Waals surface area (Å²) in [6.45, 7) is 2.03. The average Bonchev–Trinajstić information content (AvgIpc) is 2.20. The van der Waals surface area contributed by atoms with Gasteiger partial charge in [-0.25, -0.2) is 11.6 Å². The van der Waals surface area contributed by atoms with E-state index in [0.717, 1.165) is 12.0 Å². The summed E-state index contributed by atoms with van der Waals surface area (Å²) in [6, 6.07) is 4.48. The van der Waals surface area contributed by atoms with Gasteiger partial charge in [-0.2, -0.15) is 0 Å². The van der Waals surface area contributed by atoms with Crippen LogP contribution in [0.2, 0.25) is 0 Å². The molecule has 1 amide bonds. The zero-order valence-corrected chi connectivity index (χ0v) is 12.7. The fourth-order valence-electron chi connectivity index (χ4n) is 1.11. The quantitative estimate of drug-likeness (QED) is 0.753. The average molecular weight is 296 g/mol. The number of likely N-dealkylation sites (N-methyl/N-ethyl adjacent to an activating group) is 1. The summed E-state index contributed by atoms with van der Waals surface area (Å²) in [6.07, 6.45) is 2.32. The van der Waals surface area contributed by atoms with Crippen LogP contribution >= 0.6 is 0 Å². The van der Waals surface area contributed by atoms with E-state index in [2.05, 4.69) is 6.07 Å². The molecule has 0 saturated carbocycles. The molecule has 1 aromatic rings. The maximum absolute atomic E-state index is 11.5. The third-order valence-electron chi connectivity index (χ3n) is 2.17. The molecule has 0 saturated heterocycles. The summed E-state index contributed by atoms with van der Waals surface area (Å²) < 4.78 is 1.36. The van der Waals surface area contributed by atoms with E-state index in [4.69, 9.17) is 0 Å². The first kappa shape index (κ1) is 15.5. The molecule has 0 aliphatic heterocycles. The molecule has 0 unspecified atom stereocenters. The maximum Gasteiger partial charge on any atom is 0.241 e. The topological polar surface area (TPSA) is 42.3 Å². The summed E-state index contributed by atoms with van der Waals surface area (Å²) in [5.74, 6) is -0.102. The third kappa shape index (κ3) is 4.18. The smallest absolute Gasteiger partial charge is 0.241 e. The van der Waals surface area contributed by atoms with Crippen LogP contribution in [0.25, 0.3) is 0 Å². The second kappa shape index (κ2) is 6.97. The van der Waals surface area contributed by atoms with Crippen molar-refractivity contribution in [3.63, 3.8) is 0 Å². The van der Waals surface area contributed by atoms with E-state index in [0.29, 0.717) is 0 Å². The minimum Gasteiger partial charge on any atom is -0.347 e. The third-order valence-corrected chi connectivity index (χ3v) is 2.17. The van der Waals surface area contributed by atoms with Crippen molar-refractivity contribution in [1.82, 2.24) is 9.47 Å². The molecular formula is C11H15N2O2Y-. The molecule has 1 aromatic heterocycles. The number of nitrogens with zero attached hydrogens (tertiary/aromatic N) is 2. The van der Waals surface area contributed by atoms with Crippen LogP contribution in [-0.2, 0) is 50.5 Å². The molecule has 1 heterocycles. The number of pyridine rings is 1. The number of amides is 1. The summed E-state index contributed by atoms with van der Waals surface area (Å²) in [4.78, 5) is 24.4. The molecule has 0 aromatic carbocycles. The number of aryl methyl sites for hydroxylation is 1. The Bertz CT molecular complexity index is 413. The van der Waals surface area contributed by atoms with Gasteiger partial charge in [0.25, 0.3) is 0 Å². The predicted molar refractivity (Wildman–Crippen MR) is 57.6 cm³/mol. The molecule has 1 radical (unpaired) electrons. The van der Waals surface area contributed by atoms with Gasteiger partial charge in [0, 0.05) is 46.8 Å². The fraction of sp³-hybridized carbons (Fsp3) is 0.455. The summed E-state index contributed by atoms with van der Waals surface area (Å²) in [5.41, 5.74) is 0.717. The zero-order valence-electron chi connectivity index (χ0n) is 9.86. The van der Waals surface area contributed by atoms with Crippen molar-refractivity contribution in [2.75, 3.05) is 14.1 Å². The first-order chi connectivity index (χ1) is 7.04. The van der Waals surface area contributed by atoms with Gasteiger partial charge in [-0.15, -0.1) is 6.07 Å². The van der Waals surface area contributed by atoms with Crippen LogP contribution in [0.4, 0.5) is 0 Å². The molecule has 1 rings (SSSR count). The summed E-state index contributed by atoms with van der Waals surface area (Å²) in [7, 11) is 3.33. The van der Waals surface area contributed by atoms with Crippen molar-refractivity contribution in [1.29, 1.82) is 0 Å². The van der Waals surface area contributed by atoms with Crippen molar-refractivity contribution in [2.45, 2.75) is 19.9 Å². The SMILES string of the molecule is CCc1[c-]cn(CC(=O)N(C)C)c(=O)c1.[Y]. The van der Waals surface area contributed by atoms with E-state index >= 15 is 0 Å². The second-order valence-electron chi connectivity index (χ2n) is 3.55. The summed E-state index contributed by atoms with van der Waals surface area (Å²) >= 11 is 0. The number of hydrogen-bond donors (Lipinski definition) is 0. The van der Waals surface area contributed by atoms with Gasteiger partial charge in [0.05, 0.1) is 0 Å². The Morgan fingerprint density at radius 1 is 1.50 bits per heavy atom. The Hall–Kier alpha value is -0.476. The Morgan fingerprint density at radius 2 is 2.12 bits per heavy atom. The van der Waals surface area contributed by atoms with Crippen LogP contribution in [-0.4, -0.2) is 29.5 Å². The molecule has 85 valence electrons. The minimum absolute atomic E-state index is 0. The van der Waals surface area contributed by atoms with Crippen molar-refractivity contribution < 1.29 is 37.5 Å². The van der Waals surface area contributed by atoms with Crippen LogP contribution in [0, 0.1) is 6.07 Å². The number of hydrogen-bond acceptors (Lipinski definition) is 2. The number of aromatic nitrogens is 1. The molecule has 0 atom stereocenters. The number of carbonyl (C=O) groups excluding carboxylic acids is 1. The normalized spacial score (nSPS) is 9.44. The second-order valence-corrected chi connectivity index (χ2v) is 3.55. The Morgan fingerprint density at radius 3 is 2.56 bits per heavy atom. The number of rotatable bonds is 3. The monoisotopic (exact) mass is 296 g/mol. The summed E-state index contributed by atoms with van der Waals surface area (Å²) in [5, 5.41) is 0. The van der Waals surface area contributed by atoms with E-state index in [-0.39, 0.29) is 50.7 Å². The first-order valence-electron chi connectivity index (χ1n) is 4.85. The van der Waals surface area contributed by atoms with Gasteiger partial charge >= 0.3 is 0 Å². The molecule has 0 spiro atoms. The Labute approximate surface area is 121 Å². The van der Waals surface area contributed by atoms with Gasteiger partial charge in [-0.05, 0) is 0 Å². The van der Waals surface area contributed by atoms with Crippen molar-refractivity contribution in [2.24, 2.45) is 0 Å². The predicted octanol–water partition coefficient (Wildman–Crippen LogP) is 0.297. The van der Waals surface area contributed by atoms with Gasteiger partial charge in [-0.3, -0.25) is 9.59 Å². The van der Waals surface area contributed by atoms with Crippen molar-refractivity contribution in [3.8, 4) is 0 Å². The van der Waals surface area contributed by atoms with Gasteiger partial charge in [0.15, 0.2) is 5.56 Å². The zero-order chi connectivity index (χ0) is 11.4. The fourth-order valence-corrected chi connectivity index (χ4v) is 1.11. The van der Waals surface area contributed by atoms with Crippen LogP contribution < -0.4 is 5.56 Å². The van der Waals surface area contributed by atoms with Gasteiger partial charge in [0.1, 0.15) is 6.54 Å². The molecule has 16 heavy (non-hydrogen) atoms. The van der Waals surface area contributed by atoms with Gasteiger partial charge in [0.2, 0.25) is 5.91 Å². The van der Waals surface area contributed by atoms with E-state index < -0.39 is 0 Å². The molecule has 5 heteroatoms.